The van der Waals surface area contributed by atoms with E-state index in [1.165, 1.54) is 13.8 Å². The van der Waals surface area contributed by atoms with Gasteiger partial charge in [0.2, 0.25) is 0 Å². The fraction of sp³-hybridized carbons (Fsp3) is 0.900. The van der Waals surface area contributed by atoms with Crippen LogP contribution in [0.1, 0.15) is 34.6 Å². The van der Waals surface area contributed by atoms with Crippen LogP contribution in [0.4, 0.5) is 0 Å². The van der Waals surface area contributed by atoms with Crippen molar-refractivity contribution in [3.05, 3.63) is 0 Å². The summed E-state index contributed by atoms with van der Waals surface area (Å²) in [7, 11) is 0. The summed E-state index contributed by atoms with van der Waals surface area (Å²) in [5.74, 6) is -0.628. The van der Waals surface area contributed by atoms with Crippen LogP contribution in [0.25, 0.3) is 0 Å². The van der Waals surface area contributed by atoms with Crippen LogP contribution in [0.15, 0.2) is 0 Å². The van der Waals surface area contributed by atoms with Gasteiger partial charge < -0.3 is 14.6 Å². The van der Waals surface area contributed by atoms with Gasteiger partial charge in [-0.3, -0.25) is 0 Å². The molecule has 0 fully saturated rings. The molecule has 0 spiro atoms. The first-order chi connectivity index (χ1) is 6.23. The van der Waals surface area contributed by atoms with Crippen molar-refractivity contribution in [1.82, 2.24) is 0 Å². The van der Waals surface area contributed by atoms with E-state index in [4.69, 9.17) is 9.47 Å². The van der Waals surface area contributed by atoms with E-state index in [2.05, 4.69) is 0 Å². The van der Waals surface area contributed by atoms with E-state index in [0.717, 1.165) is 0 Å². The van der Waals surface area contributed by atoms with Gasteiger partial charge in [-0.15, -0.1) is 0 Å². The van der Waals surface area contributed by atoms with Crippen molar-refractivity contribution in [2.45, 2.75) is 52.4 Å². The Morgan fingerprint density at radius 3 is 2.21 bits per heavy atom. The van der Waals surface area contributed by atoms with Gasteiger partial charge in [0.15, 0.2) is 5.60 Å². The van der Waals surface area contributed by atoms with Crippen LogP contribution >= 0.6 is 0 Å². The molecule has 0 saturated heterocycles. The van der Waals surface area contributed by atoms with E-state index in [1.54, 1.807) is 0 Å². The Hall–Kier alpha value is -0.610. The molecule has 0 saturated carbocycles. The molecule has 0 aromatic carbocycles. The highest BCUT2D eigenvalue weighted by Crippen LogP contribution is 2.05. The molecule has 1 unspecified atom stereocenters. The van der Waals surface area contributed by atoms with Gasteiger partial charge in [0, 0.05) is 0 Å². The summed E-state index contributed by atoms with van der Waals surface area (Å²) in [6.45, 7) is 8.59. The summed E-state index contributed by atoms with van der Waals surface area (Å²) in [6.07, 6.45) is -0.0489. The van der Waals surface area contributed by atoms with Crippen LogP contribution in [0.5, 0.6) is 0 Å². The maximum Gasteiger partial charge on any atom is 0.337 e. The van der Waals surface area contributed by atoms with Gasteiger partial charge in [0.25, 0.3) is 0 Å². The zero-order chi connectivity index (χ0) is 11.4. The van der Waals surface area contributed by atoms with Gasteiger partial charge in [0.1, 0.15) is 6.61 Å². The number of rotatable bonds is 5. The number of ether oxygens (including phenoxy) is 2. The lowest BCUT2D eigenvalue weighted by atomic mass is 10.1. The SMILES string of the molecule is CC(C)OC(C)COC(=O)C(C)(C)O. The first-order valence-electron chi connectivity index (χ1n) is 4.78. The number of esters is 1. The molecule has 0 aliphatic carbocycles. The Bertz CT molecular complexity index is 181. The zero-order valence-corrected chi connectivity index (χ0v) is 9.53. The zero-order valence-electron chi connectivity index (χ0n) is 9.53. The van der Waals surface area contributed by atoms with E-state index in [-0.39, 0.29) is 18.8 Å². The quantitative estimate of drug-likeness (QED) is 0.682. The fourth-order valence-corrected chi connectivity index (χ4v) is 0.874. The molecule has 84 valence electrons. The first kappa shape index (κ1) is 13.4. The predicted octanol–water partition coefficient (Wildman–Crippen LogP) is 1.11. The molecule has 1 N–H and O–H groups in total. The number of carbonyl (C=O) groups excluding carboxylic acids is 1. The fourth-order valence-electron chi connectivity index (χ4n) is 0.874. The van der Waals surface area contributed by atoms with Crippen molar-refractivity contribution in [3.8, 4) is 0 Å². The number of carbonyl (C=O) groups is 1. The minimum Gasteiger partial charge on any atom is -0.461 e. The Labute approximate surface area is 85.2 Å². The Balaban J connectivity index is 3.78. The van der Waals surface area contributed by atoms with Crippen LogP contribution in [0, 0.1) is 0 Å². The van der Waals surface area contributed by atoms with Crippen LogP contribution < -0.4 is 0 Å². The minimum atomic E-state index is -1.43. The summed E-state index contributed by atoms with van der Waals surface area (Å²) in [4.78, 5) is 11.1. The van der Waals surface area contributed by atoms with Crippen molar-refractivity contribution in [3.63, 3.8) is 0 Å². The minimum absolute atomic E-state index is 0.103. The second-order valence-electron chi connectivity index (χ2n) is 4.15. The lowest BCUT2D eigenvalue weighted by molar-refractivity contribution is -0.166. The molecule has 0 amide bonds. The highest BCUT2D eigenvalue weighted by atomic mass is 16.6. The molecule has 0 radical (unpaired) electrons. The molecule has 0 aromatic heterocycles. The Morgan fingerprint density at radius 2 is 1.86 bits per heavy atom. The van der Waals surface area contributed by atoms with Gasteiger partial charge in [-0.2, -0.15) is 0 Å². The highest BCUT2D eigenvalue weighted by molar-refractivity contribution is 5.78. The van der Waals surface area contributed by atoms with Crippen LogP contribution in [0.2, 0.25) is 0 Å². The number of hydrogen-bond donors (Lipinski definition) is 1. The van der Waals surface area contributed by atoms with Gasteiger partial charge in [0.05, 0.1) is 12.2 Å². The molecule has 0 heterocycles. The van der Waals surface area contributed by atoms with Crippen molar-refractivity contribution in [2.75, 3.05) is 6.61 Å². The molecule has 1 atom stereocenters. The normalized spacial score (nSPS) is 14.2. The van der Waals surface area contributed by atoms with Crippen LogP contribution in [-0.4, -0.2) is 35.5 Å². The number of aliphatic hydroxyl groups is 1. The van der Waals surface area contributed by atoms with Gasteiger partial charge in [-0.1, -0.05) is 0 Å². The van der Waals surface area contributed by atoms with Crippen LogP contribution in [0.3, 0.4) is 0 Å². The van der Waals surface area contributed by atoms with E-state index in [0.29, 0.717) is 0 Å². The molecular weight excluding hydrogens is 184 g/mol. The largest absolute Gasteiger partial charge is 0.461 e. The summed E-state index contributed by atoms with van der Waals surface area (Å²) < 4.78 is 10.2. The average Bonchev–Trinajstić information content (AvgIpc) is 1.96. The molecular formula is C10H20O4. The summed E-state index contributed by atoms with van der Waals surface area (Å²) in [6, 6.07) is 0. The average molecular weight is 204 g/mol. The second kappa shape index (κ2) is 5.32. The van der Waals surface area contributed by atoms with E-state index < -0.39 is 11.6 Å². The van der Waals surface area contributed by atoms with Crippen molar-refractivity contribution < 1.29 is 19.4 Å². The summed E-state index contributed by atoms with van der Waals surface area (Å²) >= 11 is 0. The molecule has 0 rings (SSSR count). The van der Waals surface area contributed by atoms with E-state index >= 15 is 0 Å². The molecule has 0 aliphatic heterocycles. The molecule has 14 heavy (non-hydrogen) atoms. The third-order valence-electron chi connectivity index (χ3n) is 1.45. The predicted molar refractivity (Wildman–Crippen MR) is 52.9 cm³/mol. The molecule has 0 aliphatic rings. The molecule has 0 aromatic rings. The maximum absolute atomic E-state index is 11.1. The smallest absolute Gasteiger partial charge is 0.337 e. The van der Waals surface area contributed by atoms with Gasteiger partial charge in [-0.05, 0) is 34.6 Å². The van der Waals surface area contributed by atoms with Crippen LogP contribution in [-0.2, 0) is 14.3 Å². The standard InChI is InChI=1S/C10H20O4/c1-7(2)14-8(3)6-13-9(11)10(4,5)12/h7-8,12H,6H2,1-5H3. The lowest BCUT2D eigenvalue weighted by Crippen LogP contribution is -2.35. The summed E-state index contributed by atoms with van der Waals surface area (Å²) in [5.41, 5.74) is -1.43. The lowest BCUT2D eigenvalue weighted by Gasteiger charge is -2.19. The van der Waals surface area contributed by atoms with Gasteiger partial charge in [-0.25, -0.2) is 4.79 Å². The van der Waals surface area contributed by atoms with Crippen molar-refractivity contribution in [1.29, 1.82) is 0 Å². The monoisotopic (exact) mass is 204 g/mol. The topological polar surface area (TPSA) is 55.8 Å². The van der Waals surface area contributed by atoms with Crippen molar-refractivity contribution >= 4 is 5.97 Å². The summed E-state index contributed by atoms with van der Waals surface area (Å²) in [5, 5.41) is 9.27. The molecule has 0 bridgehead atoms. The van der Waals surface area contributed by atoms with Crippen molar-refractivity contribution in [2.24, 2.45) is 0 Å². The Kier molecular flexibility index (Phi) is 5.08. The third-order valence-corrected chi connectivity index (χ3v) is 1.45. The molecule has 4 nitrogen and oxygen atoms in total. The second-order valence-corrected chi connectivity index (χ2v) is 4.15. The van der Waals surface area contributed by atoms with E-state index in [1.807, 2.05) is 20.8 Å². The number of hydrogen-bond acceptors (Lipinski definition) is 4. The van der Waals surface area contributed by atoms with E-state index in [9.17, 15) is 9.90 Å². The van der Waals surface area contributed by atoms with Gasteiger partial charge >= 0.3 is 5.97 Å². The third kappa shape index (κ3) is 5.94. The maximum atomic E-state index is 11.1. The highest BCUT2D eigenvalue weighted by Gasteiger charge is 2.26. The first-order valence-corrected chi connectivity index (χ1v) is 4.78. The Morgan fingerprint density at radius 1 is 1.36 bits per heavy atom. The molecule has 4 heteroatoms.